The molecule has 0 aliphatic heterocycles. The van der Waals surface area contributed by atoms with Crippen molar-refractivity contribution in [2.45, 2.75) is 45.4 Å². The molecule has 0 saturated carbocycles. The van der Waals surface area contributed by atoms with Crippen molar-refractivity contribution in [1.29, 1.82) is 0 Å². The Kier molecular flexibility index (Phi) is 5.97. The molecule has 0 aromatic carbocycles. The van der Waals surface area contributed by atoms with Crippen LogP contribution in [-0.4, -0.2) is 40.7 Å². The summed E-state index contributed by atoms with van der Waals surface area (Å²) < 4.78 is 39.8. The van der Waals surface area contributed by atoms with E-state index in [2.05, 4.69) is 4.98 Å². The molecule has 1 aromatic rings. The van der Waals surface area contributed by atoms with Gasteiger partial charge in [-0.2, -0.15) is 13.2 Å². The molecule has 0 bridgehead atoms. The molecule has 1 aromatic heterocycles. The van der Waals surface area contributed by atoms with Crippen LogP contribution in [0.5, 0.6) is 0 Å². The van der Waals surface area contributed by atoms with E-state index in [4.69, 9.17) is 0 Å². The first kappa shape index (κ1) is 18.9. The lowest BCUT2D eigenvalue weighted by Crippen LogP contribution is -2.46. The first-order chi connectivity index (χ1) is 9.97. The lowest BCUT2D eigenvalue weighted by Gasteiger charge is -2.30. The average molecular weight is 338 g/mol. The Bertz CT molecular complexity index is 516. The normalized spacial score (nSPS) is 15.0. The molecule has 0 aliphatic carbocycles. The van der Waals surface area contributed by atoms with Crippen molar-refractivity contribution in [3.05, 3.63) is 16.1 Å². The van der Waals surface area contributed by atoms with Crippen LogP contribution in [0, 0.1) is 12.8 Å². The van der Waals surface area contributed by atoms with Crippen molar-refractivity contribution < 1.29 is 23.1 Å². The van der Waals surface area contributed by atoms with E-state index in [1.807, 2.05) is 13.8 Å². The Morgan fingerprint density at radius 3 is 2.45 bits per heavy atom. The van der Waals surface area contributed by atoms with Crippen LogP contribution in [0.15, 0.2) is 5.38 Å². The van der Waals surface area contributed by atoms with Gasteiger partial charge in [-0.3, -0.25) is 4.79 Å². The highest BCUT2D eigenvalue weighted by Crippen LogP contribution is 2.43. The summed E-state index contributed by atoms with van der Waals surface area (Å²) in [6, 6.07) is 0. The van der Waals surface area contributed by atoms with E-state index in [0.717, 1.165) is 0 Å². The van der Waals surface area contributed by atoms with Gasteiger partial charge in [0, 0.05) is 24.7 Å². The number of hydrogen-bond acceptors (Lipinski definition) is 4. The molecule has 8 heteroatoms. The smallest absolute Gasteiger partial charge is 0.374 e. The van der Waals surface area contributed by atoms with E-state index in [9.17, 15) is 23.1 Å². The van der Waals surface area contributed by atoms with Gasteiger partial charge in [-0.05, 0) is 19.3 Å². The molecular formula is C14H21F3N2O2S. The van der Waals surface area contributed by atoms with Gasteiger partial charge in [-0.15, -0.1) is 11.3 Å². The largest absolute Gasteiger partial charge is 0.424 e. The number of carbonyl (C=O) groups is 1. The van der Waals surface area contributed by atoms with E-state index in [0.29, 0.717) is 35.9 Å². The van der Waals surface area contributed by atoms with Crippen molar-refractivity contribution in [2.24, 2.45) is 5.92 Å². The van der Waals surface area contributed by atoms with Crippen molar-refractivity contribution >= 4 is 17.2 Å². The van der Waals surface area contributed by atoms with Crippen LogP contribution in [0.25, 0.3) is 0 Å². The fraction of sp³-hybridized carbons (Fsp3) is 0.714. The number of hydrogen-bond donors (Lipinski definition) is 1. The number of alkyl halides is 3. The van der Waals surface area contributed by atoms with Crippen molar-refractivity contribution in [3.63, 3.8) is 0 Å². The third kappa shape index (κ3) is 4.42. The molecule has 126 valence electrons. The van der Waals surface area contributed by atoms with E-state index >= 15 is 0 Å². The monoisotopic (exact) mass is 338 g/mol. The molecule has 1 N–H and O–H groups in total. The van der Waals surface area contributed by atoms with Gasteiger partial charge in [0.2, 0.25) is 11.5 Å². The predicted octanol–water partition coefficient (Wildman–Crippen LogP) is 3.10. The molecule has 0 spiro atoms. The Balaban J connectivity index is 2.93. The summed E-state index contributed by atoms with van der Waals surface area (Å²) in [6.07, 6.45) is -5.34. The minimum absolute atomic E-state index is 0.332. The quantitative estimate of drug-likeness (QED) is 0.867. The first-order valence-electron chi connectivity index (χ1n) is 6.93. The van der Waals surface area contributed by atoms with Crippen molar-refractivity contribution in [1.82, 2.24) is 9.88 Å². The summed E-state index contributed by atoms with van der Waals surface area (Å²) in [5, 5.41) is 11.0. The molecule has 1 rings (SSSR count). The fourth-order valence-electron chi connectivity index (χ4n) is 1.77. The minimum Gasteiger partial charge on any atom is -0.374 e. The Labute approximate surface area is 132 Å². The molecule has 1 amide bonds. The number of aliphatic hydroxyl groups is 1. The number of rotatable bonds is 6. The third-order valence-electron chi connectivity index (χ3n) is 3.32. The molecular weight excluding hydrogens is 317 g/mol. The topological polar surface area (TPSA) is 53.4 Å². The van der Waals surface area contributed by atoms with Crippen LogP contribution >= 0.6 is 11.3 Å². The zero-order valence-electron chi connectivity index (χ0n) is 13.1. The summed E-state index contributed by atoms with van der Waals surface area (Å²) in [7, 11) is 1.44. The van der Waals surface area contributed by atoms with E-state index in [1.54, 1.807) is 0 Å². The molecule has 0 saturated heterocycles. The maximum Gasteiger partial charge on any atom is 0.424 e. The zero-order chi connectivity index (χ0) is 17.1. The number of aryl methyl sites for hydroxylation is 1. The highest BCUT2D eigenvalue weighted by molar-refractivity contribution is 7.09. The Morgan fingerprint density at radius 1 is 1.45 bits per heavy atom. The summed E-state index contributed by atoms with van der Waals surface area (Å²) in [4.78, 5) is 17.0. The number of nitrogens with zero attached hydrogens (tertiary/aromatic N) is 2. The van der Waals surface area contributed by atoms with E-state index in [-0.39, 0.29) is 0 Å². The van der Waals surface area contributed by atoms with E-state index in [1.165, 1.54) is 24.3 Å². The molecule has 4 nitrogen and oxygen atoms in total. The summed E-state index contributed by atoms with van der Waals surface area (Å²) in [5.74, 6) is -0.424. The summed E-state index contributed by atoms with van der Waals surface area (Å²) in [6.45, 7) is 5.81. The van der Waals surface area contributed by atoms with Crippen LogP contribution in [0.1, 0.15) is 37.4 Å². The van der Waals surface area contributed by atoms with Crippen LogP contribution < -0.4 is 0 Å². The van der Waals surface area contributed by atoms with E-state index < -0.39 is 29.1 Å². The minimum atomic E-state index is -4.97. The maximum atomic E-state index is 13.3. The van der Waals surface area contributed by atoms with Gasteiger partial charge in [-0.25, -0.2) is 4.98 Å². The second-order valence-electron chi connectivity index (χ2n) is 5.83. The lowest BCUT2D eigenvalue weighted by atomic mass is 9.98. The second kappa shape index (κ2) is 6.95. The molecule has 0 radical (unpaired) electrons. The predicted molar refractivity (Wildman–Crippen MR) is 78.5 cm³/mol. The average Bonchev–Trinajstić information content (AvgIpc) is 2.81. The van der Waals surface area contributed by atoms with Crippen molar-refractivity contribution in [2.75, 3.05) is 13.6 Å². The zero-order valence-corrected chi connectivity index (χ0v) is 13.9. The molecule has 1 heterocycles. The number of amides is 1. The molecule has 22 heavy (non-hydrogen) atoms. The summed E-state index contributed by atoms with van der Waals surface area (Å²) >= 11 is 0.703. The Hall–Kier alpha value is -1.15. The summed E-state index contributed by atoms with van der Waals surface area (Å²) in [5.41, 5.74) is -2.86. The number of aromatic nitrogens is 1. The second-order valence-corrected chi connectivity index (χ2v) is 6.68. The van der Waals surface area contributed by atoms with Gasteiger partial charge in [-0.1, -0.05) is 13.8 Å². The number of halogens is 3. The van der Waals surface area contributed by atoms with Gasteiger partial charge in [0.15, 0.2) is 0 Å². The highest BCUT2D eigenvalue weighted by Gasteiger charge is 2.58. The number of carbonyl (C=O) groups excluding carboxylic acids is 1. The van der Waals surface area contributed by atoms with Crippen LogP contribution in [-0.2, 0) is 10.4 Å². The van der Waals surface area contributed by atoms with Crippen molar-refractivity contribution in [3.8, 4) is 0 Å². The Morgan fingerprint density at radius 2 is 2.05 bits per heavy atom. The standard InChI is InChI=1S/C14H21F3N2O2S/c1-9(2)5-6-19(4)11(20)7-13(21,14(15,16)17)12-18-10(3)8-22-12/h8-9,21H,5-7H2,1-4H3/t13-/m1/s1. The molecule has 0 fully saturated rings. The first-order valence-corrected chi connectivity index (χ1v) is 7.81. The van der Waals surface area contributed by atoms with Crippen LogP contribution in [0.4, 0.5) is 13.2 Å². The van der Waals surface area contributed by atoms with Gasteiger partial charge in [0.05, 0.1) is 6.42 Å². The molecule has 0 aliphatic rings. The highest BCUT2D eigenvalue weighted by atomic mass is 32.1. The maximum absolute atomic E-state index is 13.3. The third-order valence-corrected chi connectivity index (χ3v) is 4.43. The van der Waals surface area contributed by atoms with Gasteiger partial charge < -0.3 is 10.0 Å². The fourth-order valence-corrected chi connectivity index (χ4v) is 2.69. The number of thiazole rings is 1. The molecule has 1 atom stereocenters. The molecule has 0 unspecified atom stereocenters. The van der Waals surface area contributed by atoms with Crippen LogP contribution in [0.2, 0.25) is 0 Å². The van der Waals surface area contributed by atoms with Gasteiger partial charge >= 0.3 is 6.18 Å². The van der Waals surface area contributed by atoms with Gasteiger partial charge in [0.25, 0.3) is 0 Å². The lowest BCUT2D eigenvalue weighted by molar-refractivity contribution is -0.268. The van der Waals surface area contributed by atoms with Gasteiger partial charge in [0.1, 0.15) is 5.01 Å². The SMILES string of the molecule is Cc1csc([C@](O)(CC(=O)N(C)CCC(C)C)C(F)(F)F)n1. The van der Waals surface area contributed by atoms with Crippen LogP contribution in [0.3, 0.4) is 0 Å².